The molecule has 1 aliphatic rings. The third kappa shape index (κ3) is 1.19. The third-order valence-electron chi connectivity index (χ3n) is 2.29. The number of nitrogens with one attached hydrogen (secondary N) is 1. The van der Waals surface area contributed by atoms with Gasteiger partial charge in [-0.05, 0) is 12.8 Å². The molecule has 6 nitrogen and oxygen atoms in total. The Morgan fingerprint density at radius 1 is 1.46 bits per heavy atom. The van der Waals surface area contributed by atoms with Gasteiger partial charge in [-0.2, -0.15) is 0 Å². The Morgan fingerprint density at radius 2 is 2.08 bits per heavy atom. The Balaban J connectivity index is 3.08. The van der Waals surface area contributed by atoms with Crippen LogP contribution in [0.4, 0.5) is 0 Å². The van der Waals surface area contributed by atoms with E-state index in [4.69, 9.17) is 10.3 Å². The molecule has 1 saturated carbocycles. The molecule has 1 unspecified atom stereocenters. The zero-order chi connectivity index (χ0) is 10.1. The van der Waals surface area contributed by atoms with Gasteiger partial charge in [-0.25, -0.2) is 5.48 Å². The summed E-state index contributed by atoms with van der Waals surface area (Å²) in [5, 5.41) is 17.1. The second-order valence-electron chi connectivity index (χ2n) is 2.93. The molecule has 0 bridgehead atoms. The van der Waals surface area contributed by atoms with Crippen LogP contribution in [0, 0.1) is 5.41 Å². The monoisotopic (exact) mass is 187 g/mol. The second kappa shape index (κ2) is 3.14. The summed E-state index contributed by atoms with van der Waals surface area (Å²) in [5.74, 6) is -3.30. The van der Waals surface area contributed by atoms with E-state index in [0.717, 1.165) is 0 Å². The second-order valence-corrected chi connectivity index (χ2v) is 2.93. The number of carboxylic acids is 1. The topological polar surface area (TPSA) is 104 Å². The van der Waals surface area contributed by atoms with Crippen molar-refractivity contribution in [3.05, 3.63) is 0 Å². The molecule has 72 valence electrons. The normalized spacial score (nSPS) is 27.3. The molecule has 0 aromatic carbocycles. The molecule has 1 rings (SSSR count). The van der Waals surface area contributed by atoms with E-state index in [2.05, 4.69) is 0 Å². The van der Waals surface area contributed by atoms with E-state index in [1.165, 1.54) is 5.48 Å². The van der Waals surface area contributed by atoms with Crippen LogP contribution in [0.1, 0.15) is 19.3 Å². The zero-order valence-electron chi connectivity index (χ0n) is 6.74. The number of aliphatic carboxylic acids is 1. The first-order valence-corrected chi connectivity index (χ1v) is 3.77. The summed E-state index contributed by atoms with van der Waals surface area (Å²) in [7, 11) is 0. The maximum Gasteiger partial charge on any atom is 0.326 e. The van der Waals surface area contributed by atoms with Gasteiger partial charge in [0.05, 0.1) is 0 Å². The number of hydrogen-bond donors (Lipinski definition) is 3. The van der Waals surface area contributed by atoms with E-state index in [0.29, 0.717) is 6.42 Å². The van der Waals surface area contributed by atoms with Crippen molar-refractivity contribution in [1.82, 2.24) is 5.48 Å². The minimum Gasteiger partial charge on any atom is -0.480 e. The summed E-state index contributed by atoms with van der Waals surface area (Å²) < 4.78 is 0. The first-order chi connectivity index (χ1) is 6.05. The fraction of sp³-hybridized carbons (Fsp3) is 0.571. The van der Waals surface area contributed by atoms with Gasteiger partial charge in [-0.3, -0.25) is 19.6 Å². The van der Waals surface area contributed by atoms with Crippen LogP contribution >= 0.6 is 0 Å². The molecular formula is C7H9NO5. The SMILES string of the molecule is O=C(O)C1(C(=O)NO)CCCC1=O. The van der Waals surface area contributed by atoms with Crippen molar-refractivity contribution >= 4 is 17.7 Å². The highest BCUT2D eigenvalue weighted by Gasteiger charge is 2.55. The predicted molar refractivity (Wildman–Crippen MR) is 38.9 cm³/mol. The van der Waals surface area contributed by atoms with Gasteiger partial charge < -0.3 is 5.11 Å². The fourth-order valence-electron chi connectivity index (χ4n) is 1.53. The van der Waals surface area contributed by atoms with Gasteiger partial charge in [-0.1, -0.05) is 0 Å². The minimum atomic E-state index is -2.06. The lowest BCUT2D eigenvalue weighted by Crippen LogP contribution is -2.48. The molecule has 6 heteroatoms. The number of amides is 1. The van der Waals surface area contributed by atoms with Crippen LogP contribution in [0.25, 0.3) is 0 Å². The molecule has 0 radical (unpaired) electrons. The lowest BCUT2D eigenvalue weighted by Gasteiger charge is -2.18. The van der Waals surface area contributed by atoms with Gasteiger partial charge in [-0.15, -0.1) is 0 Å². The van der Waals surface area contributed by atoms with E-state index in [-0.39, 0.29) is 12.8 Å². The summed E-state index contributed by atoms with van der Waals surface area (Å²) in [6.45, 7) is 0. The Morgan fingerprint density at radius 3 is 2.38 bits per heavy atom. The maximum absolute atomic E-state index is 11.2. The molecule has 1 fully saturated rings. The van der Waals surface area contributed by atoms with Crippen LogP contribution < -0.4 is 5.48 Å². The molecule has 0 aliphatic heterocycles. The first-order valence-electron chi connectivity index (χ1n) is 3.77. The van der Waals surface area contributed by atoms with Crippen LogP contribution in [0.15, 0.2) is 0 Å². The lowest BCUT2D eigenvalue weighted by atomic mass is 9.84. The average molecular weight is 187 g/mol. The smallest absolute Gasteiger partial charge is 0.326 e. The molecular weight excluding hydrogens is 178 g/mol. The minimum absolute atomic E-state index is 0.0481. The number of carboxylic acid groups (broad SMARTS) is 1. The number of carbonyl (C=O) groups excluding carboxylic acids is 2. The standard InChI is InChI=1S/C7H9NO5/c9-4-2-1-3-7(4,6(11)12)5(10)8-13/h13H,1-3H2,(H,8,10)(H,11,12). The van der Waals surface area contributed by atoms with Crippen LogP contribution in [-0.4, -0.2) is 28.0 Å². The summed E-state index contributed by atoms with van der Waals surface area (Å²) in [4.78, 5) is 33.0. The highest BCUT2D eigenvalue weighted by atomic mass is 16.5. The quantitative estimate of drug-likeness (QED) is 0.302. The summed E-state index contributed by atoms with van der Waals surface area (Å²) in [6, 6.07) is 0. The van der Waals surface area contributed by atoms with Crippen molar-refractivity contribution in [2.45, 2.75) is 19.3 Å². The van der Waals surface area contributed by atoms with Gasteiger partial charge >= 0.3 is 5.97 Å². The van der Waals surface area contributed by atoms with E-state index in [9.17, 15) is 14.4 Å². The number of carbonyl (C=O) groups is 3. The Bertz CT molecular complexity index is 274. The van der Waals surface area contributed by atoms with Crippen molar-refractivity contribution in [3.63, 3.8) is 0 Å². The summed E-state index contributed by atoms with van der Waals surface area (Å²) in [6.07, 6.45) is 0.381. The van der Waals surface area contributed by atoms with Gasteiger partial charge in [0.15, 0.2) is 5.78 Å². The molecule has 0 saturated heterocycles. The lowest BCUT2D eigenvalue weighted by molar-refractivity contribution is -0.162. The highest BCUT2D eigenvalue weighted by Crippen LogP contribution is 2.35. The van der Waals surface area contributed by atoms with Crippen LogP contribution in [-0.2, 0) is 14.4 Å². The summed E-state index contributed by atoms with van der Waals surface area (Å²) >= 11 is 0. The fourth-order valence-corrected chi connectivity index (χ4v) is 1.53. The number of hydroxylamine groups is 1. The van der Waals surface area contributed by atoms with Crippen molar-refractivity contribution in [3.8, 4) is 0 Å². The Hall–Kier alpha value is -1.43. The predicted octanol–water partition coefficient (Wildman–Crippen LogP) is -0.684. The third-order valence-corrected chi connectivity index (χ3v) is 2.29. The van der Waals surface area contributed by atoms with E-state index in [1.54, 1.807) is 0 Å². The molecule has 0 heterocycles. The van der Waals surface area contributed by atoms with Gasteiger partial charge in [0, 0.05) is 6.42 Å². The van der Waals surface area contributed by atoms with E-state index < -0.39 is 23.1 Å². The van der Waals surface area contributed by atoms with Crippen molar-refractivity contribution in [1.29, 1.82) is 0 Å². The van der Waals surface area contributed by atoms with Crippen LogP contribution in [0.3, 0.4) is 0 Å². The molecule has 3 N–H and O–H groups in total. The van der Waals surface area contributed by atoms with Crippen LogP contribution in [0.2, 0.25) is 0 Å². The molecule has 13 heavy (non-hydrogen) atoms. The first kappa shape index (κ1) is 9.66. The molecule has 1 aliphatic carbocycles. The van der Waals surface area contributed by atoms with Crippen molar-refractivity contribution in [2.24, 2.45) is 5.41 Å². The number of Topliss-reactive ketones (excluding diaryl/α,β-unsaturated/α-hetero) is 1. The Kier molecular flexibility index (Phi) is 2.33. The number of hydrogen-bond acceptors (Lipinski definition) is 4. The van der Waals surface area contributed by atoms with E-state index >= 15 is 0 Å². The largest absolute Gasteiger partial charge is 0.480 e. The van der Waals surface area contributed by atoms with E-state index in [1.807, 2.05) is 0 Å². The highest BCUT2D eigenvalue weighted by molar-refractivity contribution is 6.21. The molecule has 1 amide bonds. The molecule has 0 aromatic rings. The average Bonchev–Trinajstić information content (AvgIpc) is 2.47. The molecule has 0 aromatic heterocycles. The maximum atomic E-state index is 11.2. The van der Waals surface area contributed by atoms with Crippen molar-refractivity contribution < 1.29 is 24.7 Å². The van der Waals surface area contributed by atoms with Gasteiger partial charge in [0.25, 0.3) is 5.91 Å². The molecule has 1 atom stereocenters. The summed E-state index contributed by atoms with van der Waals surface area (Å²) in [5.41, 5.74) is -0.842. The van der Waals surface area contributed by atoms with Crippen molar-refractivity contribution in [2.75, 3.05) is 0 Å². The number of ketones is 1. The molecule has 0 spiro atoms. The zero-order valence-corrected chi connectivity index (χ0v) is 6.74. The van der Waals surface area contributed by atoms with Gasteiger partial charge in [0.1, 0.15) is 0 Å². The Labute approximate surface area is 73.5 Å². The van der Waals surface area contributed by atoms with Gasteiger partial charge in [0.2, 0.25) is 5.41 Å². The van der Waals surface area contributed by atoms with Crippen LogP contribution in [0.5, 0.6) is 0 Å². The number of rotatable bonds is 2.